The molecule has 0 spiro atoms. The SMILES string of the molecule is [2H]C([2H])([2H])Oc1cc(C(=O)c2cn(S(=O)(=O)c3ccccc3)c(-c3cn(S(=O)(=O)c4ccccc4)c4ccccc34)n2)cc(OC([2H])([2H])[2H])c1OC([2H])([2H])[2H]. The fraction of sp³-hybridized carbons (Fsp3) is 0.0909. The highest BCUT2D eigenvalue weighted by Crippen LogP contribution is 2.39. The molecule has 46 heavy (non-hydrogen) atoms. The van der Waals surface area contributed by atoms with E-state index in [4.69, 9.17) is 26.5 Å². The van der Waals surface area contributed by atoms with Gasteiger partial charge in [-0.1, -0.05) is 54.6 Å². The average molecular weight is 667 g/mol. The Hall–Kier alpha value is -5.40. The fourth-order valence-electron chi connectivity index (χ4n) is 4.88. The lowest BCUT2D eigenvalue weighted by Gasteiger charge is -2.13. The van der Waals surface area contributed by atoms with Crippen LogP contribution in [0.5, 0.6) is 17.2 Å². The number of para-hydroxylation sites is 1. The predicted octanol–water partition coefficient (Wildman–Crippen LogP) is 5.24. The molecule has 2 aromatic heterocycles. The Labute approximate surface area is 278 Å². The van der Waals surface area contributed by atoms with Gasteiger partial charge in [0.1, 0.15) is 5.69 Å². The molecule has 6 rings (SSSR count). The van der Waals surface area contributed by atoms with E-state index >= 15 is 0 Å². The lowest BCUT2D eigenvalue weighted by atomic mass is 10.1. The molecule has 0 aliphatic rings. The van der Waals surface area contributed by atoms with Gasteiger partial charge >= 0.3 is 0 Å². The molecule has 0 N–H and O–H groups in total. The van der Waals surface area contributed by atoms with Crippen LogP contribution in [0.1, 0.15) is 28.4 Å². The Bertz CT molecular complexity index is 2600. The summed E-state index contributed by atoms with van der Waals surface area (Å²) in [5, 5.41) is 0.226. The van der Waals surface area contributed by atoms with Crippen LogP contribution in [0.25, 0.3) is 22.3 Å². The smallest absolute Gasteiger partial charge is 0.269 e. The first-order chi connectivity index (χ1) is 25.5. The molecule has 0 bridgehead atoms. The van der Waals surface area contributed by atoms with Crippen molar-refractivity contribution in [1.29, 1.82) is 0 Å². The summed E-state index contributed by atoms with van der Waals surface area (Å²) in [5.74, 6) is -4.38. The molecule has 4 aromatic carbocycles. The van der Waals surface area contributed by atoms with E-state index in [-0.39, 0.29) is 26.3 Å². The summed E-state index contributed by atoms with van der Waals surface area (Å²) in [4.78, 5) is 18.3. The maximum absolute atomic E-state index is 14.2. The number of fused-ring (bicyclic) bond motifs is 1. The zero-order chi connectivity index (χ0) is 40.1. The summed E-state index contributed by atoms with van der Waals surface area (Å²) in [6, 6.07) is 22.1. The van der Waals surface area contributed by atoms with Gasteiger partial charge in [0.05, 0.1) is 55.0 Å². The highest BCUT2D eigenvalue weighted by atomic mass is 32.2. The van der Waals surface area contributed by atoms with E-state index in [0.717, 1.165) is 28.5 Å². The Balaban J connectivity index is 1.61. The van der Waals surface area contributed by atoms with E-state index in [0.29, 0.717) is 3.97 Å². The van der Waals surface area contributed by atoms with Crippen molar-refractivity contribution in [2.45, 2.75) is 9.79 Å². The van der Waals surface area contributed by atoms with Crippen LogP contribution < -0.4 is 14.2 Å². The maximum atomic E-state index is 14.2. The first kappa shape index (κ1) is 21.4. The molecule has 234 valence electrons. The fourth-order valence-corrected chi connectivity index (χ4v) is 7.61. The summed E-state index contributed by atoms with van der Waals surface area (Å²) in [5.41, 5.74) is -1.09. The monoisotopic (exact) mass is 666 g/mol. The largest absolute Gasteiger partial charge is 0.493 e. The van der Waals surface area contributed by atoms with Gasteiger partial charge in [0.2, 0.25) is 11.5 Å². The summed E-state index contributed by atoms with van der Waals surface area (Å²) < 4.78 is 141. The number of hydrogen-bond acceptors (Lipinski definition) is 9. The number of aromatic nitrogens is 3. The minimum atomic E-state index is -4.59. The lowest BCUT2D eigenvalue weighted by Crippen LogP contribution is -2.14. The molecule has 0 fully saturated rings. The van der Waals surface area contributed by atoms with E-state index in [1.54, 1.807) is 24.3 Å². The number of ketones is 1. The van der Waals surface area contributed by atoms with Gasteiger partial charge in [0, 0.05) is 22.7 Å². The molecule has 0 aliphatic carbocycles. The van der Waals surface area contributed by atoms with Crippen molar-refractivity contribution >= 4 is 36.7 Å². The van der Waals surface area contributed by atoms with Gasteiger partial charge < -0.3 is 14.2 Å². The molecule has 0 unspecified atom stereocenters. The third-order valence-corrected chi connectivity index (χ3v) is 10.4. The highest BCUT2D eigenvalue weighted by molar-refractivity contribution is 7.90. The number of methoxy groups -OCH3 is 3. The summed E-state index contributed by atoms with van der Waals surface area (Å²) >= 11 is 0. The van der Waals surface area contributed by atoms with Gasteiger partial charge in [-0.15, -0.1) is 0 Å². The zero-order valence-corrected chi connectivity index (χ0v) is 24.9. The van der Waals surface area contributed by atoms with Crippen molar-refractivity contribution in [3.8, 4) is 28.6 Å². The third kappa shape index (κ3) is 5.08. The molecule has 0 saturated heterocycles. The van der Waals surface area contributed by atoms with Crippen LogP contribution in [0.15, 0.2) is 119 Å². The summed E-state index contributed by atoms with van der Waals surface area (Å²) in [6.07, 6.45) is 2.01. The van der Waals surface area contributed by atoms with Crippen LogP contribution in [-0.2, 0) is 20.0 Å². The van der Waals surface area contributed by atoms with Crippen LogP contribution in [-0.4, -0.2) is 56.7 Å². The Morgan fingerprint density at radius 2 is 1.24 bits per heavy atom. The van der Waals surface area contributed by atoms with Gasteiger partial charge in [-0.05, 0) is 42.5 Å². The number of nitrogens with zero attached hydrogens (tertiary/aromatic N) is 3. The normalized spacial score (nSPS) is 15.5. The molecule has 0 radical (unpaired) electrons. The van der Waals surface area contributed by atoms with E-state index in [9.17, 15) is 21.6 Å². The van der Waals surface area contributed by atoms with Gasteiger partial charge in [0.15, 0.2) is 17.3 Å². The maximum Gasteiger partial charge on any atom is 0.269 e. The van der Waals surface area contributed by atoms with Crippen molar-refractivity contribution < 1.29 is 48.2 Å². The Morgan fingerprint density at radius 3 is 1.83 bits per heavy atom. The molecule has 13 heteroatoms. The molecular formula is C33H27N3O8S2. The van der Waals surface area contributed by atoms with Crippen molar-refractivity contribution in [2.24, 2.45) is 0 Å². The van der Waals surface area contributed by atoms with Crippen molar-refractivity contribution in [3.05, 3.63) is 121 Å². The van der Waals surface area contributed by atoms with E-state index < -0.39 is 81.3 Å². The molecule has 11 nitrogen and oxygen atoms in total. The standard InChI is InChI=1S/C33H27N3O8S2/c1-42-29-18-22(19-30(43-2)32(29)44-3)31(37)27-21-36(46(40,41)24-14-8-5-9-15-24)33(34-27)26-20-35(28-17-11-10-16-25(26)28)45(38,39)23-12-6-4-7-13-23/h4-21H,1-3H3/i1D3,2D3,3D3. The molecule has 6 aromatic rings. The second kappa shape index (κ2) is 11.8. The average Bonchev–Trinajstić information content (AvgIpc) is 3.72. The van der Waals surface area contributed by atoms with Gasteiger partial charge in [-0.2, -0.15) is 0 Å². The first-order valence-corrected chi connectivity index (χ1v) is 16.0. The number of imidazole rings is 1. The van der Waals surface area contributed by atoms with Crippen LogP contribution in [0.3, 0.4) is 0 Å². The van der Waals surface area contributed by atoms with Crippen LogP contribution in [0.2, 0.25) is 0 Å². The van der Waals surface area contributed by atoms with Gasteiger partial charge in [-0.25, -0.2) is 29.8 Å². The van der Waals surface area contributed by atoms with E-state index in [2.05, 4.69) is 4.98 Å². The van der Waals surface area contributed by atoms with Crippen molar-refractivity contribution in [2.75, 3.05) is 21.1 Å². The van der Waals surface area contributed by atoms with Crippen LogP contribution in [0.4, 0.5) is 0 Å². The minimum Gasteiger partial charge on any atom is -0.493 e. The zero-order valence-electron chi connectivity index (χ0n) is 32.3. The minimum absolute atomic E-state index is 0.0343. The van der Waals surface area contributed by atoms with Gasteiger partial charge in [-0.3, -0.25) is 4.79 Å². The first-order valence-electron chi connectivity index (χ1n) is 17.7. The molecule has 0 saturated carbocycles. The Kier molecular flexibility index (Phi) is 5.50. The number of benzene rings is 4. The number of carbonyl (C=O) groups excluding carboxylic acids is 1. The number of ether oxygens (including phenoxy) is 3. The van der Waals surface area contributed by atoms with E-state index in [1.165, 1.54) is 60.7 Å². The quantitative estimate of drug-likeness (QED) is 0.180. The predicted molar refractivity (Wildman–Crippen MR) is 171 cm³/mol. The number of hydrogen-bond donors (Lipinski definition) is 0. The molecule has 0 aliphatic heterocycles. The van der Waals surface area contributed by atoms with E-state index in [1.807, 2.05) is 0 Å². The van der Waals surface area contributed by atoms with Crippen molar-refractivity contribution in [1.82, 2.24) is 12.9 Å². The molecular weight excluding hydrogens is 631 g/mol. The lowest BCUT2D eigenvalue weighted by molar-refractivity contribution is 0.103. The topological polar surface area (TPSA) is 136 Å². The van der Waals surface area contributed by atoms with Crippen molar-refractivity contribution in [3.63, 3.8) is 0 Å². The molecule has 2 heterocycles. The number of rotatable bonds is 10. The molecule has 0 atom stereocenters. The number of carbonyl (C=O) groups is 1. The van der Waals surface area contributed by atoms with Crippen LogP contribution >= 0.6 is 0 Å². The summed E-state index contributed by atoms with van der Waals surface area (Å²) in [6.45, 7) is 0. The second-order valence-corrected chi connectivity index (χ2v) is 13.3. The molecule has 0 amide bonds. The summed E-state index contributed by atoms with van der Waals surface area (Å²) in [7, 11) is -18.7. The second-order valence-electron chi connectivity index (χ2n) is 9.67. The van der Waals surface area contributed by atoms with Crippen LogP contribution in [0, 0.1) is 0 Å². The highest BCUT2D eigenvalue weighted by Gasteiger charge is 2.30. The Morgan fingerprint density at radius 1 is 0.696 bits per heavy atom. The van der Waals surface area contributed by atoms with Gasteiger partial charge in [0.25, 0.3) is 20.0 Å². The third-order valence-electron chi connectivity index (χ3n) is 7.03.